The molecule has 3 heterocycles. The predicted molar refractivity (Wildman–Crippen MR) is 110 cm³/mol. The number of hydrogen-bond donors (Lipinski definition) is 0. The Morgan fingerprint density at radius 1 is 1.17 bits per heavy atom. The van der Waals surface area contributed by atoms with E-state index in [0.717, 1.165) is 38.6 Å². The summed E-state index contributed by atoms with van der Waals surface area (Å²) in [5.74, 6) is 2.36. The van der Waals surface area contributed by atoms with Crippen molar-refractivity contribution >= 4 is 27.3 Å². The molecule has 2 atom stereocenters. The average molecular weight is 454 g/mol. The maximum absolute atomic E-state index is 11.0. The van der Waals surface area contributed by atoms with Crippen LogP contribution in [0.1, 0.15) is 41.3 Å². The molecule has 1 aromatic heterocycles. The number of nitro groups is 1. The van der Waals surface area contributed by atoms with Gasteiger partial charge in [0.1, 0.15) is 23.0 Å². The largest absolute Gasteiger partial charge is 0.464 e. The molecule has 2 unspecified atom stereocenters. The highest BCUT2D eigenvalue weighted by Gasteiger charge is 2.41. The molecule has 5 rings (SSSR count). The number of rotatable bonds is 3. The van der Waals surface area contributed by atoms with E-state index in [0.29, 0.717) is 6.42 Å². The van der Waals surface area contributed by atoms with Crippen LogP contribution in [0.2, 0.25) is 0 Å². The van der Waals surface area contributed by atoms with Gasteiger partial charge in [0.25, 0.3) is 5.69 Å². The number of fused-ring (bicyclic) bond motifs is 3. The lowest BCUT2D eigenvalue weighted by Crippen LogP contribution is -2.33. The molecule has 0 aliphatic carbocycles. The second-order valence-electron chi connectivity index (χ2n) is 7.06. The minimum atomic E-state index is -0.483. The first-order valence-corrected chi connectivity index (χ1v) is 9.92. The third kappa shape index (κ3) is 3.09. The number of furan rings is 1. The molecule has 146 valence electrons. The van der Waals surface area contributed by atoms with Gasteiger partial charge in [0.2, 0.25) is 6.23 Å². The summed E-state index contributed by atoms with van der Waals surface area (Å²) in [4.78, 5) is 10.6. The van der Waals surface area contributed by atoms with Gasteiger partial charge in [-0.15, -0.1) is 0 Å². The molecule has 0 amide bonds. The number of non-ortho nitro benzene ring substituents is 1. The van der Waals surface area contributed by atoms with E-state index in [1.165, 1.54) is 12.1 Å². The Labute approximate surface area is 174 Å². The maximum atomic E-state index is 11.0. The van der Waals surface area contributed by atoms with Crippen molar-refractivity contribution in [3.05, 3.63) is 91.8 Å². The second kappa shape index (κ2) is 6.73. The first kappa shape index (κ1) is 17.9. The molecule has 29 heavy (non-hydrogen) atoms. The summed E-state index contributed by atoms with van der Waals surface area (Å²) < 4.78 is 13.0. The molecule has 2 aromatic carbocycles. The van der Waals surface area contributed by atoms with E-state index in [2.05, 4.69) is 15.9 Å². The van der Waals surface area contributed by atoms with E-state index in [-0.39, 0.29) is 11.7 Å². The molecule has 8 heteroatoms. The summed E-state index contributed by atoms with van der Waals surface area (Å²) in [6.07, 6.45) is 0.200. The van der Waals surface area contributed by atoms with Gasteiger partial charge >= 0.3 is 0 Å². The van der Waals surface area contributed by atoms with Gasteiger partial charge in [-0.1, -0.05) is 15.9 Å². The zero-order chi connectivity index (χ0) is 20.1. The van der Waals surface area contributed by atoms with Gasteiger partial charge in [-0.05, 0) is 49.4 Å². The summed E-state index contributed by atoms with van der Waals surface area (Å²) in [6, 6.07) is 16.2. The highest BCUT2D eigenvalue weighted by molar-refractivity contribution is 9.10. The third-order valence-electron chi connectivity index (χ3n) is 5.17. The molecule has 7 nitrogen and oxygen atoms in total. The zero-order valence-electron chi connectivity index (χ0n) is 15.4. The van der Waals surface area contributed by atoms with Gasteiger partial charge in [-0.2, -0.15) is 5.10 Å². The lowest BCUT2D eigenvalue weighted by molar-refractivity contribution is -0.384. The topological polar surface area (TPSA) is 81.1 Å². The second-order valence-corrected chi connectivity index (χ2v) is 7.97. The van der Waals surface area contributed by atoms with Crippen LogP contribution in [0.15, 0.2) is 68.6 Å². The molecule has 3 aromatic rings. The van der Waals surface area contributed by atoms with Crippen LogP contribution < -0.4 is 4.74 Å². The first-order valence-electron chi connectivity index (χ1n) is 9.13. The van der Waals surface area contributed by atoms with Crippen molar-refractivity contribution in [1.82, 2.24) is 5.01 Å². The summed E-state index contributed by atoms with van der Waals surface area (Å²) >= 11 is 3.54. The van der Waals surface area contributed by atoms with E-state index in [1.54, 1.807) is 12.1 Å². The Morgan fingerprint density at radius 2 is 1.97 bits per heavy atom. The Balaban J connectivity index is 1.58. The molecule has 2 aliphatic rings. The zero-order valence-corrected chi connectivity index (χ0v) is 17.0. The number of hydrazone groups is 1. The van der Waals surface area contributed by atoms with Crippen LogP contribution in [-0.4, -0.2) is 15.6 Å². The number of hydrogen-bond acceptors (Lipinski definition) is 6. The Hall–Kier alpha value is -3.13. The smallest absolute Gasteiger partial charge is 0.269 e. The average Bonchev–Trinajstić information content (AvgIpc) is 3.34. The van der Waals surface area contributed by atoms with E-state index in [9.17, 15) is 10.1 Å². The number of aryl methyl sites for hydroxylation is 1. The summed E-state index contributed by atoms with van der Waals surface area (Å²) in [6.45, 7) is 1.90. The fourth-order valence-corrected chi connectivity index (χ4v) is 4.16. The Morgan fingerprint density at radius 3 is 2.66 bits per heavy atom. The van der Waals surface area contributed by atoms with Crippen molar-refractivity contribution in [2.75, 3.05) is 0 Å². The van der Waals surface area contributed by atoms with Crippen LogP contribution in [0.5, 0.6) is 5.75 Å². The summed E-state index contributed by atoms with van der Waals surface area (Å²) in [7, 11) is 0. The number of nitro benzene ring substituents is 1. The Kier molecular flexibility index (Phi) is 4.16. The minimum absolute atomic E-state index is 0.0168. The number of nitrogens with zero attached hydrogens (tertiary/aromatic N) is 3. The van der Waals surface area contributed by atoms with Crippen LogP contribution >= 0.6 is 15.9 Å². The summed E-state index contributed by atoms with van der Waals surface area (Å²) in [5, 5.41) is 17.7. The van der Waals surface area contributed by atoms with Crippen molar-refractivity contribution in [2.45, 2.75) is 25.6 Å². The molecule has 0 radical (unpaired) electrons. The van der Waals surface area contributed by atoms with E-state index >= 15 is 0 Å². The molecule has 0 saturated heterocycles. The molecule has 0 N–H and O–H groups in total. The molecule has 2 aliphatic heterocycles. The predicted octanol–water partition coefficient (Wildman–Crippen LogP) is 5.50. The molecule has 0 fully saturated rings. The van der Waals surface area contributed by atoms with Gasteiger partial charge in [-0.3, -0.25) is 10.1 Å². The monoisotopic (exact) mass is 453 g/mol. The van der Waals surface area contributed by atoms with Crippen LogP contribution in [0.4, 0.5) is 5.69 Å². The van der Waals surface area contributed by atoms with Crippen molar-refractivity contribution in [3.8, 4) is 5.75 Å². The number of halogens is 1. The van der Waals surface area contributed by atoms with Crippen LogP contribution in [-0.2, 0) is 0 Å². The van der Waals surface area contributed by atoms with Gasteiger partial charge in [0, 0.05) is 34.2 Å². The van der Waals surface area contributed by atoms with Crippen molar-refractivity contribution in [2.24, 2.45) is 5.10 Å². The normalized spacial score (nSPS) is 19.9. The van der Waals surface area contributed by atoms with Crippen LogP contribution in [0.3, 0.4) is 0 Å². The third-order valence-corrected chi connectivity index (χ3v) is 5.66. The van der Waals surface area contributed by atoms with Gasteiger partial charge in [0.05, 0.1) is 11.0 Å². The fourth-order valence-electron chi connectivity index (χ4n) is 3.78. The van der Waals surface area contributed by atoms with Gasteiger partial charge in [-0.25, -0.2) is 5.01 Å². The van der Waals surface area contributed by atoms with Crippen LogP contribution in [0.25, 0.3) is 0 Å². The standard InChI is InChI=1S/C21H16BrN3O4/c1-12-2-8-20(28-12)17-11-18-16-10-14(22)5-9-19(16)29-21(24(18)23-17)13-3-6-15(7-4-13)25(26)27/h2-10,18,21H,11H2,1H3. The van der Waals surface area contributed by atoms with Crippen molar-refractivity contribution in [1.29, 1.82) is 0 Å². The minimum Gasteiger partial charge on any atom is -0.464 e. The van der Waals surface area contributed by atoms with E-state index in [4.69, 9.17) is 14.3 Å². The fraction of sp³-hybridized carbons (Fsp3) is 0.190. The first-order chi connectivity index (χ1) is 14.0. The lowest BCUT2D eigenvalue weighted by atomic mass is 9.97. The lowest BCUT2D eigenvalue weighted by Gasteiger charge is -2.38. The quantitative estimate of drug-likeness (QED) is 0.386. The van der Waals surface area contributed by atoms with Crippen LogP contribution in [0, 0.1) is 17.0 Å². The molecular weight excluding hydrogens is 438 g/mol. The molecule has 0 spiro atoms. The molecular formula is C21H16BrN3O4. The van der Waals surface area contributed by atoms with E-state index < -0.39 is 11.2 Å². The Bertz CT molecular complexity index is 1140. The summed E-state index contributed by atoms with van der Waals surface area (Å²) in [5.41, 5.74) is 2.74. The van der Waals surface area contributed by atoms with Gasteiger partial charge < -0.3 is 9.15 Å². The number of ether oxygens (including phenoxy) is 1. The molecule has 0 bridgehead atoms. The molecule has 0 saturated carbocycles. The van der Waals surface area contributed by atoms with Crippen molar-refractivity contribution in [3.63, 3.8) is 0 Å². The van der Waals surface area contributed by atoms with Crippen molar-refractivity contribution < 1.29 is 14.1 Å². The highest BCUT2D eigenvalue weighted by Crippen LogP contribution is 2.48. The SMILES string of the molecule is Cc1ccc(C2=NN3C(C2)c2cc(Br)ccc2OC3c2ccc([N+](=O)[O-])cc2)o1. The number of benzene rings is 2. The highest BCUT2D eigenvalue weighted by atomic mass is 79.9. The van der Waals surface area contributed by atoms with E-state index in [1.807, 2.05) is 42.3 Å². The van der Waals surface area contributed by atoms with Gasteiger partial charge in [0.15, 0.2) is 0 Å². The maximum Gasteiger partial charge on any atom is 0.269 e.